The maximum absolute atomic E-state index is 12.3. The van der Waals surface area contributed by atoms with Gasteiger partial charge >= 0.3 is 0 Å². The van der Waals surface area contributed by atoms with Gasteiger partial charge in [-0.1, -0.05) is 23.8 Å². The fourth-order valence-electron chi connectivity index (χ4n) is 3.35. The molecule has 1 aliphatic heterocycles. The van der Waals surface area contributed by atoms with Crippen LogP contribution in [0.2, 0.25) is 0 Å². The van der Waals surface area contributed by atoms with E-state index in [9.17, 15) is 4.79 Å². The number of hydrogen-bond donors (Lipinski definition) is 1. The summed E-state index contributed by atoms with van der Waals surface area (Å²) in [5.41, 5.74) is 1.81. The van der Waals surface area contributed by atoms with Crippen molar-refractivity contribution in [3.63, 3.8) is 0 Å². The first-order valence-electron chi connectivity index (χ1n) is 8.96. The van der Waals surface area contributed by atoms with Crippen molar-refractivity contribution in [2.75, 3.05) is 25.0 Å². The largest absolute Gasteiger partial charge is 0.310 e. The molecule has 1 N–H and O–H groups in total. The Balaban J connectivity index is 1.51. The summed E-state index contributed by atoms with van der Waals surface area (Å²) >= 11 is 0. The van der Waals surface area contributed by atoms with Crippen molar-refractivity contribution in [2.45, 2.75) is 19.3 Å². The Labute approximate surface area is 152 Å². The van der Waals surface area contributed by atoms with E-state index in [0.29, 0.717) is 12.4 Å². The minimum atomic E-state index is -0.0103. The van der Waals surface area contributed by atoms with Gasteiger partial charge in [0.1, 0.15) is 11.5 Å². The van der Waals surface area contributed by atoms with Gasteiger partial charge in [0.25, 0.3) is 0 Å². The minimum Gasteiger partial charge on any atom is -0.310 e. The molecule has 2 aromatic heterocycles. The number of nitrogens with one attached hydrogen (secondary N) is 1. The number of amides is 1. The molecule has 1 amide bonds. The van der Waals surface area contributed by atoms with Crippen LogP contribution in [0, 0.1) is 0 Å². The van der Waals surface area contributed by atoms with Crippen molar-refractivity contribution in [1.82, 2.24) is 24.9 Å². The van der Waals surface area contributed by atoms with Gasteiger partial charge in [0.2, 0.25) is 5.91 Å². The lowest BCUT2D eigenvalue weighted by atomic mass is 10.1. The van der Waals surface area contributed by atoms with Crippen LogP contribution >= 0.6 is 0 Å². The number of carbonyl (C=O) groups is 1. The predicted octanol–water partition coefficient (Wildman–Crippen LogP) is 2.45. The molecule has 7 heteroatoms. The quantitative estimate of drug-likeness (QED) is 0.782. The fourth-order valence-corrected chi connectivity index (χ4v) is 3.35. The van der Waals surface area contributed by atoms with Crippen molar-refractivity contribution >= 4 is 22.5 Å². The third-order valence-electron chi connectivity index (χ3n) is 4.70. The Morgan fingerprint density at radius 3 is 2.77 bits per heavy atom. The van der Waals surface area contributed by atoms with Crippen LogP contribution in [0.25, 0.3) is 22.0 Å². The monoisotopic (exact) mass is 350 g/mol. The Hall–Kier alpha value is -2.80. The highest BCUT2D eigenvalue weighted by Gasteiger charge is 2.14. The molecule has 1 aliphatic rings. The van der Waals surface area contributed by atoms with Crippen molar-refractivity contribution in [1.29, 1.82) is 0 Å². The van der Waals surface area contributed by atoms with E-state index < -0.39 is 0 Å². The second-order valence-electron chi connectivity index (χ2n) is 6.79. The predicted molar refractivity (Wildman–Crippen MR) is 101 cm³/mol. The average Bonchev–Trinajstić information content (AvgIpc) is 3.08. The summed E-state index contributed by atoms with van der Waals surface area (Å²) in [6.07, 6.45) is 7.27. The van der Waals surface area contributed by atoms with Gasteiger partial charge in [-0.05, 0) is 43.5 Å². The van der Waals surface area contributed by atoms with Crippen LogP contribution in [-0.4, -0.2) is 50.4 Å². The number of fused-ring (bicyclic) bond motifs is 1. The summed E-state index contributed by atoms with van der Waals surface area (Å²) in [4.78, 5) is 18.9. The van der Waals surface area contributed by atoms with E-state index in [0.717, 1.165) is 35.1 Å². The summed E-state index contributed by atoms with van der Waals surface area (Å²) in [6.45, 7) is 2.43. The number of aryl methyl sites for hydroxylation is 1. The van der Waals surface area contributed by atoms with Crippen LogP contribution in [0.15, 0.2) is 36.7 Å². The first-order valence-corrected chi connectivity index (χ1v) is 8.96. The van der Waals surface area contributed by atoms with Gasteiger partial charge in [-0.3, -0.25) is 14.4 Å². The zero-order chi connectivity index (χ0) is 17.9. The van der Waals surface area contributed by atoms with E-state index in [2.05, 4.69) is 25.5 Å². The lowest BCUT2D eigenvalue weighted by molar-refractivity contribution is -0.117. The van der Waals surface area contributed by atoms with E-state index in [1.165, 1.54) is 19.3 Å². The summed E-state index contributed by atoms with van der Waals surface area (Å²) in [6, 6.07) is 7.96. The molecule has 1 fully saturated rings. The minimum absolute atomic E-state index is 0.0103. The molecule has 134 valence electrons. The molecule has 0 saturated carbocycles. The Morgan fingerprint density at radius 2 is 2.00 bits per heavy atom. The third-order valence-corrected chi connectivity index (χ3v) is 4.70. The van der Waals surface area contributed by atoms with E-state index in [4.69, 9.17) is 0 Å². The normalized spacial score (nSPS) is 15.3. The number of hydrogen-bond acceptors (Lipinski definition) is 5. The van der Waals surface area contributed by atoms with Gasteiger partial charge in [-0.25, -0.2) is 4.98 Å². The van der Waals surface area contributed by atoms with Crippen LogP contribution in [-0.2, 0) is 11.8 Å². The lowest BCUT2D eigenvalue weighted by Crippen LogP contribution is -2.36. The standard InChI is InChI=1S/C19H22N6O/c1-24-12-17(22-23-24)14-5-6-15-11-20-18(10-16(15)9-14)21-19(26)13-25-7-3-2-4-8-25/h5-6,9-12H,2-4,7-8,13H2,1H3,(H,20,21,26). The number of rotatable bonds is 4. The number of carbonyl (C=O) groups excluding carboxylic acids is 1. The number of piperidine rings is 1. The van der Waals surface area contributed by atoms with Crippen LogP contribution in [0.3, 0.4) is 0 Å². The zero-order valence-electron chi connectivity index (χ0n) is 14.9. The van der Waals surface area contributed by atoms with Crippen LogP contribution in [0.1, 0.15) is 19.3 Å². The molecule has 0 aliphatic carbocycles. The summed E-state index contributed by atoms with van der Waals surface area (Å²) in [5, 5.41) is 13.1. The first-order chi connectivity index (χ1) is 12.7. The molecule has 1 saturated heterocycles. The first kappa shape index (κ1) is 16.7. The Kier molecular flexibility index (Phi) is 4.62. The molecule has 0 bridgehead atoms. The van der Waals surface area contributed by atoms with Gasteiger partial charge in [0.15, 0.2) is 0 Å². The Morgan fingerprint density at radius 1 is 1.15 bits per heavy atom. The third kappa shape index (κ3) is 3.72. The summed E-state index contributed by atoms with van der Waals surface area (Å²) in [5.74, 6) is 0.569. The molecule has 1 aromatic carbocycles. The number of pyridine rings is 1. The van der Waals surface area contributed by atoms with Gasteiger partial charge in [0, 0.05) is 24.2 Å². The fraction of sp³-hybridized carbons (Fsp3) is 0.368. The van der Waals surface area contributed by atoms with E-state index in [1.807, 2.05) is 37.5 Å². The molecule has 4 rings (SSSR count). The highest BCUT2D eigenvalue weighted by molar-refractivity contribution is 5.94. The molecular formula is C19H22N6O. The second-order valence-corrected chi connectivity index (χ2v) is 6.79. The van der Waals surface area contributed by atoms with E-state index in [-0.39, 0.29) is 5.91 Å². The van der Waals surface area contributed by atoms with Gasteiger partial charge in [-0.15, -0.1) is 5.10 Å². The Bertz CT molecular complexity index is 929. The molecular weight excluding hydrogens is 328 g/mol. The number of aromatic nitrogens is 4. The summed E-state index contributed by atoms with van der Waals surface area (Å²) in [7, 11) is 1.84. The highest BCUT2D eigenvalue weighted by atomic mass is 16.2. The SMILES string of the molecule is Cn1cc(-c2ccc3cnc(NC(=O)CN4CCCCC4)cc3c2)nn1. The molecule has 0 atom stereocenters. The van der Waals surface area contributed by atoms with Crippen LogP contribution in [0.5, 0.6) is 0 Å². The van der Waals surface area contributed by atoms with Gasteiger partial charge in [-0.2, -0.15) is 0 Å². The number of anilines is 1. The van der Waals surface area contributed by atoms with Crippen molar-refractivity contribution in [2.24, 2.45) is 7.05 Å². The average molecular weight is 350 g/mol. The zero-order valence-corrected chi connectivity index (χ0v) is 14.9. The molecule has 7 nitrogen and oxygen atoms in total. The number of benzene rings is 1. The smallest absolute Gasteiger partial charge is 0.239 e. The van der Waals surface area contributed by atoms with E-state index in [1.54, 1.807) is 10.9 Å². The lowest BCUT2D eigenvalue weighted by Gasteiger charge is -2.25. The van der Waals surface area contributed by atoms with Crippen molar-refractivity contribution in [3.05, 3.63) is 36.7 Å². The maximum atomic E-state index is 12.3. The van der Waals surface area contributed by atoms with Crippen LogP contribution in [0.4, 0.5) is 5.82 Å². The number of nitrogens with zero attached hydrogens (tertiary/aromatic N) is 5. The molecule has 3 heterocycles. The van der Waals surface area contributed by atoms with Crippen molar-refractivity contribution < 1.29 is 4.79 Å². The number of likely N-dealkylation sites (tertiary alicyclic amines) is 1. The maximum Gasteiger partial charge on any atom is 0.239 e. The van der Waals surface area contributed by atoms with E-state index >= 15 is 0 Å². The summed E-state index contributed by atoms with van der Waals surface area (Å²) < 4.78 is 1.68. The molecule has 3 aromatic rings. The second kappa shape index (κ2) is 7.21. The van der Waals surface area contributed by atoms with Crippen molar-refractivity contribution in [3.8, 4) is 11.3 Å². The molecule has 0 unspecified atom stereocenters. The molecule has 26 heavy (non-hydrogen) atoms. The topological polar surface area (TPSA) is 75.9 Å². The highest BCUT2D eigenvalue weighted by Crippen LogP contribution is 2.24. The van der Waals surface area contributed by atoms with Gasteiger partial charge < -0.3 is 5.32 Å². The van der Waals surface area contributed by atoms with Gasteiger partial charge in [0.05, 0.1) is 12.7 Å². The molecule has 0 spiro atoms. The van der Waals surface area contributed by atoms with Crippen LogP contribution < -0.4 is 5.32 Å². The molecule has 0 radical (unpaired) electrons.